The van der Waals surface area contributed by atoms with E-state index in [0.29, 0.717) is 18.4 Å². The number of carbonyl (C=O) groups is 1. The van der Waals surface area contributed by atoms with Gasteiger partial charge in [0, 0.05) is 64.1 Å². The van der Waals surface area contributed by atoms with Gasteiger partial charge in [-0.15, -0.1) is 0 Å². The fourth-order valence-electron chi connectivity index (χ4n) is 4.33. The van der Waals surface area contributed by atoms with Gasteiger partial charge in [-0.3, -0.25) is 14.7 Å². The molecule has 0 unspecified atom stereocenters. The van der Waals surface area contributed by atoms with Gasteiger partial charge in [0.25, 0.3) is 0 Å². The maximum absolute atomic E-state index is 12.5. The summed E-state index contributed by atoms with van der Waals surface area (Å²) in [5, 5.41) is 0. The van der Waals surface area contributed by atoms with Gasteiger partial charge in [-0.1, -0.05) is 0 Å². The molecular weight excluding hydrogens is 316 g/mol. The Labute approximate surface area is 149 Å². The predicted molar refractivity (Wildman–Crippen MR) is 95.0 cm³/mol. The van der Waals surface area contributed by atoms with Gasteiger partial charge in [-0.2, -0.15) is 0 Å². The first-order chi connectivity index (χ1) is 12.2. The summed E-state index contributed by atoms with van der Waals surface area (Å²) in [5.74, 6) is 0.846. The van der Waals surface area contributed by atoms with Gasteiger partial charge in [0.05, 0.1) is 18.6 Å². The van der Waals surface area contributed by atoms with E-state index in [1.807, 2.05) is 17.3 Å². The topological polar surface area (TPSA) is 48.9 Å². The van der Waals surface area contributed by atoms with Crippen molar-refractivity contribution in [3.8, 4) is 0 Å². The Morgan fingerprint density at radius 2 is 1.96 bits per heavy atom. The number of amides is 1. The summed E-state index contributed by atoms with van der Waals surface area (Å²) >= 11 is 0. The zero-order valence-corrected chi connectivity index (χ0v) is 15.0. The van der Waals surface area contributed by atoms with E-state index in [0.717, 1.165) is 52.2 Å². The second-order valence-electron chi connectivity index (χ2n) is 7.73. The molecule has 1 aromatic rings. The second kappa shape index (κ2) is 7.40. The Bertz CT molecular complexity index is 574. The highest BCUT2D eigenvalue weighted by atomic mass is 16.5. The maximum Gasteiger partial charge on any atom is 0.225 e. The third-order valence-corrected chi connectivity index (χ3v) is 5.80. The van der Waals surface area contributed by atoms with Crippen LogP contribution in [0.1, 0.15) is 18.4 Å². The standard InChI is InChI=1S/C19H28N4O2/c1-21-6-8-23(9-7-21)19(24)11-17-10-16-13-22(14-18(16)25-17)12-15-2-4-20-5-3-15/h2-5,16-18H,6-14H2,1H3/t16-,17+,18+/m0/s1. The number of likely N-dealkylation sites (N-methyl/N-ethyl adjacent to an activating group) is 1. The lowest BCUT2D eigenvalue weighted by molar-refractivity contribution is -0.135. The molecule has 6 nitrogen and oxygen atoms in total. The molecule has 3 fully saturated rings. The number of nitrogens with zero attached hydrogens (tertiary/aromatic N) is 4. The summed E-state index contributed by atoms with van der Waals surface area (Å²) in [7, 11) is 2.11. The van der Waals surface area contributed by atoms with Crippen molar-refractivity contribution in [1.82, 2.24) is 19.7 Å². The molecule has 0 spiro atoms. The number of hydrogen-bond acceptors (Lipinski definition) is 5. The maximum atomic E-state index is 12.5. The molecule has 0 bridgehead atoms. The molecule has 0 saturated carbocycles. The van der Waals surface area contributed by atoms with Crippen molar-refractivity contribution in [2.75, 3.05) is 46.3 Å². The van der Waals surface area contributed by atoms with Crippen LogP contribution in [0.25, 0.3) is 0 Å². The fourth-order valence-corrected chi connectivity index (χ4v) is 4.33. The zero-order valence-electron chi connectivity index (χ0n) is 15.0. The van der Waals surface area contributed by atoms with E-state index in [9.17, 15) is 4.79 Å². The van der Waals surface area contributed by atoms with Crippen LogP contribution in [-0.2, 0) is 16.1 Å². The highest BCUT2D eigenvalue weighted by Crippen LogP contribution is 2.35. The Hall–Kier alpha value is -1.50. The fraction of sp³-hybridized carbons (Fsp3) is 0.684. The van der Waals surface area contributed by atoms with Crippen LogP contribution in [0.15, 0.2) is 24.5 Å². The molecule has 4 heterocycles. The van der Waals surface area contributed by atoms with Crippen LogP contribution >= 0.6 is 0 Å². The number of piperazine rings is 1. The third-order valence-electron chi connectivity index (χ3n) is 5.80. The van der Waals surface area contributed by atoms with Gasteiger partial charge >= 0.3 is 0 Å². The first-order valence-electron chi connectivity index (χ1n) is 9.40. The van der Waals surface area contributed by atoms with Crippen molar-refractivity contribution in [3.63, 3.8) is 0 Å². The van der Waals surface area contributed by atoms with E-state index in [4.69, 9.17) is 4.74 Å². The summed E-state index contributed by atoms with van der Waals surface area (Å²) in [6, 6.07) is 4.15. The molecule has 1 amide bonds. The number of rotatable bonds is 4. The monoisotopic (exact) mass is 344 g/mol. The van der Waals surface area contributed by atoms with Crippen LogP contribution < -0.4 is 0 Å². The van der Waals surface area contributed by atoms with Crippen LogP contribution in [0.4, 0.5) is 0 Å². The second-order valence-corrected chi connectivity index (χ2v) is 7.73. The summed E-state index contributed by atoms with van der Waals surface area (Å²) in [5.41, 5.74) is 1.30. The van der Waals surface area contributed by atoms with Crippen molar-refractivity contribution in [2.45, 2.75) is 31.6 Å². The molecule has 25 heavy (non-hydrogen) atoms. The van der Waals surface area contributed by atoms with Gasteiger partial charge < -0.3 is 14.5 Å². The van der Waals surface area contributed by atoms with Gasteiger partial charge in [-0.05, 0) is 31.2 Å². The zero-order chi connectivity index (χ0) is 17.2. The molecule has 4 rings (SSSR count). The summed E-state index contributed by atoms with van der Waals surface area (Å²) in [6.45, 7) is 6.68. The normalized spacial score (nSPS) is 30.6. The SMILES string of the molecule is CN1CCN(C(=O)C[C@H]2C[C@H]3CN(Cc4ccncc4)C[C@H]3O2)CC1. The molecule has 0 N–H and O–H groups in total. The molecule has 3 atom stereocenters. The average Bonchev–Trinajstić information content (AvgIpc) is 3.14. The first-order valence-corrected chi connectivity index (χ1v) is 9.40. The molecule has 0 radical (unpaired) electrons. The lowest BCUT2D eigenvalue weighted by atomic mass is 10.0. The quantitative estimate of drug-likeness (QED) is 0.810. The number of fused-ring (bicyclic) bond motifs is 1. The minimum absolute atomic E-state index is 0.116. The lowest BCUT2D eigenvalue weighted by Crippen LogP contribution is -2.47. The number of aromatic nitrogens is 1. The number of carbonyl (C=O) groups excluding carboxylic acids is 1. The van der Waals surface area contributed by atoms with E-state index < -0.39 is 0 Å². The molecule has 3 aliphatic heterocycles. The summed E-state index contributed by atoms with van der Waals surface area (Å²) in [6.07, 6.45) is 5.70. The van der Waals surface area contributed by atoms with Crippen molar-refractivity contribution in [1.29, 1.82) is 0 Å². The lowest BCUT2D eigenvalue weighted by Gasteiger charge is -2.33. The molecule has 3 aliphatic rings. The van der Waals surface area contributed by atoms with E-state index in [2.05, 4.69) is 34.0 Å². The van der Waals surface area contributed by atoms with E-state index in [1.54, 1.807) is 0 Å². The molecule has 136 valence electrons. The summed E-state index contributed by atoms with van der Waals surface area (Å²) in [4.78, 5) is 23.3. The third kappa shape index (κ3) is 4.02. The largest absolute Gasteiger partial charge is 0.373 e. The highest BCUT2D eigenvalue weighted by molar-refractivity contribution is 5.76. The number of hydrogen-bond donors (Lipinski definition) is 0. The number of ether oxygens (including phenoxy) is 1. The number of likely N-dealkylation sites (tertiary alicyclic amines) is 1. The van der Waals surface area contributed by atoms with Crippen LogP contribution in [0.3, 0.4) is 0 Å². The minimum Gasteiger partial charge on any atom is -0.373 e. The Morgan fingerprint density at radius 3 is 2.68 bits per heavy atom. The Balaban J connectivity index is 1.23. The van der Waals surface area contributed by atoms with Crippen LogP contribution in [0.5, 0.6) is 0 Å². The van der Waals surface area contributed by atoms with Crippen molar-refractivity contribution >= 4 is 5.91 Å². The Morgan fingerprint density at radius 1 is 1.20 bits per heavy atom. The van der Waals surface area contributed by atoms with Gasteiger partial charge in [0.15, 0.2) is 0 Å². The predicted octanol–water partition coefficient (Wildman–Crippen LogP) is 0.835. The van der Waals surface area contributed by atoms with Gasteiger partial charge in [0.1, 0.15) is 0 Å². The van der Waals surface area contributed by atoms with E-state index in [-0.39, 0.29) is 12.0 Å². The van der Waals surface area contributed by atoms with Crippen molar-refractivity contribution in [2.24, 2.45) is 5.92 Å². The van der Waals surface area contributed by atoms with Gasteiger partial charge in [0.2, 0.25) is 5.91 Å². The van der Waals surface area contributed by atoms with Crippen molar-refractivity contribution in [3.05, 3.63) is 30.1 Å². The van der Waals surface area contributed by atoms with Crippen LogP contribution in [0, 0.1) is 5.92 Å². The molecule has 0 aliphatic carbocycles. The molecule has 3 saturated heterocycles. The van der Waals surface area contributed by atoms with Crippen LogP contribution in [-0.4, -0.2) is 84.1 Å². The van der Waals surface area contributed by atoms with Crippen molar-refractivity contribution < 1.29 is 9.53 Å². The Kier molecular flexibility index (Phi) is 5.01. The number of pyridine rings is 1. The minimum atomic E-state index is 0.116. The van der Waals surface area contributed by atoms with E-state index >= 15 is 0 Å². The smallest absolute Gasteiger partial charge is 0.225 e. The van der Waals surface area contributed by atoms with Crippen LogP contribution in [0.2, 0.25) is 0 Å². The molecule has 6 heteroatoms. The molecule has 1 aromatic heterocycles. The first kappa shape index (κ1) is 16.9. The molecule has 0 aromatic carbocycles. The molecular formula is C19H28N4O2. The summed E-state index contributed by atoms with van der Waals surface area (Å²) < 4.78 is 6.22. The van der Waals surface area contributed by atoms with Gasteiger partial charge in [-0.25, -0.2) is 0 Å². The van der Waals surface area contributed by atoms with E-state index in [1.165, 1.54) is 5.56 Å². The highest BCUT2D eigenvalue weighted by Gasteiger charge is 2.42. The average molecular weight is 344 g/mol.